The summed E-state index contributed by atoms with van der Waals surface area (Å²) in [4.78, 5) is 33.3. The monoisotopic (exact) mass is 341 g/mol. The maximum atomic E-state index is 12.0. The molecular weight excluding hydrogens is 330 g/mol. The van der Waals surface area contributed by atoms with E-state index in [1.807, 2.05) is 0 Å². The molecule has 2 amide bonds. The zero-order valence-electron chi connectivity index (χ0n) is 10.4. The van der Waals surface area contributed by atoms with E-state index in [9.17, 15) is 19.7 Å². The summed E-state index contributed by atoms with van der Waals surface area (Å²) < 4.78 is 0.531. The van der Waals surface area contributed by atoms with E-state index in [0.29, 0.717) is 17.3 Å². The van der Waals surface area contributed by atoms with E-state index in [2.05, 4.69) is 26.6 Å². The Labute approximate surface area is 123 Å². The summed E-state index contributed by atoms with van der Waals surface area (Å²) in [5, 5.41) is 16.2. The molecule has 1 aliphatic rings. The molecule has 0 radical (unpaired) electrons. The number of nitrogens with zero attached hydrogens (tertiary/aromatic N) is 1. The van der Waals surface area contributed by atoms with Crippen molar-refractivity contribution in [1.29, 1.82) is 0 Å². The van der Waals surface area contributed by atoms with E-state index in [1.165, 1.54) is 12.1 Å². The fourth-order valence-corrected chi connectivity index (χ4v) is 2.34. The first kappa shape index (κ1) is 14.4. The van der Waals surface area contributed by atoms with Gasteiger partial charge in [0, 0.05) is 29.5 Å². The molecule has 1 unspecified atom stereocenters. The molecule has 0 aliphatic carbocycles. The Hall–Kier alpha value is -1.96. The van der Waals surface area contributed by atoms with Crippen LogP contribution in [0.25, 0.3) is 0 Å². The average molecular weight is 342 g/mol. The van der Waals surface area contributed by atoms with Crippen LogP contribution in [0.1, 0.15) is 23.2 Å². The average Bonchev–Trinajstić information content (AvgIpc) is 2.81. The lowest BCUT2D eigenvalue weighted by Crippen LogP contribution is -2.38. The molecule has 2 rings (SSSR count). The van der Waals surface area contributed by atoms with Gasteiger partial charge in [-0.15, -0.1) is 0 Å². The van der Waals surface area contributed by atoms with Crippen LogP contribution < -0.4 is 10.6 Å². The number of rotatable bonds is 4. The lowest BCUT2D eigenvalue weighted by atomic mass is 10.1. The first-order valence-electron chi connectivity index (χ1n) is 5.99. The molecule has 1 aromatic rings. The van der Waals surface area contributed by atoms with E-state index in [1.54, 1.807) is 6.07 Å². The summed E-state index contributed by atoms with van der Waals surface area (Å²) in [7, 11) is 0. The van der Waals surface area contributed by atoms with Gasteiger partial charge in [-0.1, -0.05) is 15.9 Å². The van der Waals surface area contributed by atoms with E-state index >= 15 is 0 Å². The van der Waals surface area contributed by atoms with E-state index in [4.69, 9.17) is 0 Å². The number of carbonyl (C=O) groups excluding carboxylic acids is 2. The lowest BCUT2D eigenvalue weighted by Gasteiger charge is -2.11. The summed E-state index contributed by atoms with van der Waals surface area (Å²) in [5.74, 6) is -0.566. The van der Waals surface area contributed by atoms with Gasteiger partial charge in [-0.25, -0.2) is 0 Å². The summed E-state index contributed by atoms with van der Waals surface area (Å²) in [6.07, 6.45) is 1.10. The van der Waals surface area contributed by atoms with Gasteiger partial charge < -0.3 is 10.6 Å². The van der Waals surface area contributed by atoms with Crippen molar-refractivity contribution in [3.8, 4) is 0 Å². The van der Waals surface area contributed by atoms with Crippen LogP contribution in [0.3, 0.4) is 0 Å². The summed E-state index contributed by atoms with van der Waals surface area (Å²) in [5.41, 5.74) is -0.255. The van der Waals surface area contributed by atoms with E-state index in [-0.39, 0.29) is 29.7 Å². The van der Waals surface area contributed by atoms with Crippen LogP contribution in [-0.2, 0) is 4.79 Å². The second-order valence-electron chi connectivity index (χ2n) is 4.43. The van der Waals surface area contributed by atoms with Gasteiger partial charge in [0.05, 0.1) is 4.92 Å². The van der Waals surface area contributed by atoms with Gasteiger partial charge in [-0.3, -0.25) is 19.7 Å². The maximum absolute atomic E-state index is 12.0. The molecule has 1 fully saturated rings. The zero-order chi connectivity index (χ0) is 14.7. The highest BCUT2D eigenvalue weighted by Gasteiger charge is 2.24. The van der Waals surface area contributed by atoms with Gasteiger partial charge in [-0.2, -0.15) is 0 Å². The second-order valence-corrected chi connectivity index (χ2v) is 5.35. The summed E-state index contributed by atoms with van der Waals surface area (Å²) in [6.45, 7) is 0.262. The van der Waals surface area contributed by atoms with E-state index in [0.717, 1.165) is 0 Å². The number of hydrogen-bond acceptors (Lipinski definition) is 4. The molecule has 1 atom stereocenters. The Kier molecular flexibility index (Phi) is 4.33. The van der Waals surface area contributed by atoms with E-state index < -0.39 is 10.8 Å². The first-order chi connectivity index (χ1) is 9.47. The third kappa shape index (κ3) is 3.32. The van der Waals surface area contributed by atoms with Crippen molar-refractivity contribution in [1.82, 2.24) is 10.6 Å². The molecular formula is C12H12BrN3O4. The van der Waals surface area contributed by atoms with Crippen molar-refractivity contribution in [2.24, 2.45) is 0 Å². The lowest BCUT2D eigenvalue weighted by molar-refractivity contribution is -0.385. The zero-order valence-corrected chi connectivity index (χ0v) is 12.0. The number of hydrogen-bond donors (Lipinski definition) is 2. The Morgan fingerprint density at radius 3 is 2.90 bits per heavy atom. The van der Waals surface area contributed by atoms with Crippen LogP contribution in [0.5, 0.6) is 0 Å². The number of benzene rings is 1. The van der Waals surface area contributed by atoms with Crippen LogP contribution in [0, 0.1) is 10.1 Å². The van der Waals surface area contributed by atoms with Crippen LogP contribution in [0.2, 0.25) is 0 Å². The number of halogens is 1. The molecule has 1 saturated heterocycles. The number of nitro benzene ring substituents is 1. The number of amides is 2. The van der Waals surface area contributed by atoms with Crippen molar-refractivity contribution in [2.45, 2.75) is 18.9 Å². The summed E-state index contributed by atoms with van der Waals surface area (Å²) in [6, 6.07) is 4.14. The standard InChI is InChI=1S/C12H12BrN3O4/c13-7-1-3-9(10(5-7)16(19)20)12(18)14-6-8-2-4-11(17)15-8/h1,3,5,8H,2,4,6H2,(H,14,18)(H,15,17). The SMILES string of the molecule is O=C1CCC(CNC(=O)c2ccc(Br)cc2[N+](=O)[O-])N1. The fourth-order valence-electron chi connectivity index (χ4n) is 1.99. The molecule has 106 valence electrons. The molecule has 1 aliphatic heterocycles. The van der Waals surface area contributed by atoms with Crippen LogP contribution >= 0.6 is 15.9 Å². The topological polar surface area (TPSA) is 101 Å². The van der Waals surface area contributed by atoms with Gasteiger partial charge in [-0.05, 0) is 18.6 Å². The predicted octanol–water partition coefficient (Wildman–Crippen LogP) is 1.37. The Morgan fingerprint density at radius 1 is 1.55 bits per heavy atom. The maximum Gasteiger partial charge on any atom is 0.283 e. The van der Waals surface area contributed by atoms with Gasteiger partial charge >= 0.3 is 0 Å². The third-order valence-corrected chi connectivity index (χ3v) is 3.49. The van der Waals surface area contributed by atoms with Crippen LogP contribution in [-0.4, -0.2) is 29.3 Å². The highest BCUT2D eigenvalue weighted by atomic mass is 79.9. The summed E-state index contributed by atoms with van der Waals surface area (Å²) >= 11 is 3.13. The molecule has 7 nitrogen and oxygen atoms in total. The highest BCUT2D eigenvalue weighted by Crippen LogP contribution is 2.23. The largest absolute Gasteiger partial charge is 0.352 e. The third-order valence-electron chi connectivity index (χ3n) is 3.00. The van der Waals surface area contributed by atoms with Crippen molar-refractivity contribution >= 4 is 33.4 Å². The van der Waals surface area contributed by atoms with Crippen LogP contribution in [0.4, 0.5) is 5.69 Å². The van der Waals surface area contributed by atoms with Gasteiger partial charge in [0.2, 0.25) is 5.91 Å². The molecule has 8 heteroatoms. The first-order valence-corrected chi connectivity index (χ1v) is 6.78. The van der Waals surface area contributed by atoms with Crippen molar-refractivity contribution in [3.05, 3.63) is 38.3 Å². The Balaban J connectivity index is 2.05. The molecule has 0 aromatic heterocycles. The minimum absolute atomic E-state index is 0.00234. The van der Waals surface area contributed by atoms with Crippen LogP contribution in [0.15, 0.2) is 22.7 Å². The molecule has 20 heavy (non-hydrogen) atoms. The molecule has 0 spiro atoms. The second kappa shape index (κ2) is 6.00. The van der Waals surface area contributed by atoms with Gasteiger partial charge in [0.15, 0.2) is 0 Å². The van der Waals surface area contributed by atoms with Crippen molar-refractivity contribution in [3.63, 3.8) is 0 Å². The highest BCUT2D eigenvalue weighted by molar-refractivity contribution is 9.10. The molecule has 0 bridgehead atoms. The number of nitrogens with one attached hydrogen (secondary N) is 2. The smallest absolute Gasteiger partial charge is 0.283 e. The molecule has 1 heterocycles. The quantitative estimate of drug-likeness (QED) is 0.637. The van der Waals surface area contributed by atoms with Crippen molar-refractivity contribution < 1.29 is 14.5 Å². The predicted molar refractivity (Wildman–Crippen MR) is 74.3 cm³/mol. The minimum atomic E-state index is -0.600. The number of carbonyl (C=O) groups is 2. The Morgan fingerprint density at radius 2 is 2.30 bits per heavy atom. The minimum Gasteiger partial charge on any atom is -0.352 e. The molecule has 0 saturated carbocycles. The van der Waals surface area contributed by atoms with Gasteiger partial charge in [0.1, 0.15) is 5.56 Å². The Bertz CT molecular complexity index is 576. The fraction of sp³-hybridized carbons (Fsp3) is 0.333. The molecule has 2 N–H and O–H groups in total. The van der Waals surface area contributed by atoms with Gasteiger partial charge in [0.25, 0.3) is 11.6 Å². The van der Waals surface area contributed by atoms with Crippen molar-refractivity contribution in [2.75, 3.05) is 6.54 Å². The normalized spacial score (nSPS) is 17.6. The number of nitro groups is 1. The molecule has 1 aromatic carbocycles.